The smallest absolute Gasteiger partial charge is 0.00312 e. The highest BCUT2D eigenvalue weighted by molar-refractivity contribution is 5.75. The van der Waals surface area contributed by atoms with Crippen LogP contribution in [-0.4, -0.2) is 0 Å². The van der Waals surface area contributed by atoms with Gasteiger partial charge in [-0.05, 0) is 47.4 Å². The quantitative estimate of drug-likeness (QED) is 0.661. The fourth-order valence-electron chi connectivity index (χ4n) is 3.21. The van der Waals surface area contributed by atoms with Gasteiger partial charge < -0.3 is 0 Å². The van der Waals surface area contributed by atoms with Crippen molar-refractivity contribution in [1.82, 2.24) is 0 Å². The summed E-state index contributed by atoms with van der Waals surface area (Å²) in [6, 6.07) is 15.8. The van der Waals surface area contributed by atoms with Crippen molar-refractivity contribution in [3.05, 3.63) is 59.2 Å². The summed E-state index contributed by atoms with van der Waals surface area (Å²) in [6.45, 7) is 6.89. The maximum absolute atomic E-state index is 2.40. The van der Waals surface area contributed by atoms with Crippen LogP contribution < -0.4 is 0 Å². The topological polar surface area (TPSA) is 0 Å². The predicted molar refractivity (Wildman–Crippen MR) is 78.0 cm³/mol. The lowest BCUT2D eigenvalue weighted by molar-refractivity contribution is 0.448. The molecule has 0 saturated carbocycles. The third kappa shape index (κ3) is 1.59. The van der Waals surface area contributed by atoms with E-state index in [4.69, 9.17) is 0 Å². The zero-order valence-electron chi connectivity index (χ0n) is 11.5. The normalized spacial score (nSPS) is 21.3. The van der Waals surface area contributed by atoms with E-state index >= 15 is 0 Å². The second kappa shape index (κ2) is 3.98. The molecule has 0 heterocycles. The Bertz CT molecular complexity index is 595. The summed E-state index contributed by atoms with van der Waals surface area (Å²) in [7, 11) is 0. The minimum absolute atomic E-state index is 0.289. The Morgan fingerprint density at radius 3 is 2.61 bits per heavy atom. The Hall–Kier alpha value is -1.56. The molecule has 0 aromatic heterocycles. The lowest BCUT2D eigenvalue weighted by Crippen LogP contribution is -2.28. The molecule has 0 N–H and O–H groups in total. The Morgan fingerprint density at radius 1 is 1.06 bits per heavy atom. The zero-order valence-corrected chi connectivity index (χ0v) is 11.5. The largest absolute Gasteiger partial charge is 0.0645 e. The van der Waals surface area contributed by atoms with Gasteiger partial charge in [-0.25, -0.2) is 0 Å². The van der Waals surface area contributed by atoms with Crippen molar-refractivity contribution in [2.75, 3.05) is 0 Å². The molecule has 92 valence electrons. The minimum atomic E-state index is 0.289. The highest BCUT2D eigenvalue weighted by Crippen LogP contribution is 2.44. The van der Waals surface area contributed by atoms with E-state index in [0.717, 1.165) is 6.42 Å². The minimum Gasteiger partial charge on any atom is -0.0645 e. The van der Waals surface area contributed by atoms with Crippen molar-refractivity contribution in [3.63, 3.8) is 0 Å². The van der Waals surface area contributed by atoms with Crippen molar-refractivity contribution in [1.29, 1.82) is 0 Å². The molecule has 1 atom stereocenters. The average Bonchev–Trinajstić information content (AvgIpc) is 2.39. The lowest BCUT2D eigenvalue weighted by Gasteiger charge is -2.36. The van der Waals surface area contributed by atoms with E-state index in [1.54, 1.807) is 0 Å². The summed E-state index contributed by atoms with van der Waals surface area (Å²) in [4.78, 5) is 0. The summed E-state index contributed by atoms with van der Waals surface area (Å²) in [5.74, 6) is 0. The predicted octanol–water partition coefficient (Wildman–Crippen LogP) is 4.89. The van der Waals surface area contributed by atoms with Gasteiger partial charge in [-0.3, -0.25) is 0 Å². The van der Waals surface area contributed by atoms with Gasteiger partial charge in [0.2, 0.25) is 0 Å². The first-order chi connectivity index (χ1) is 8.64. The monoisotopic (exact) mass is 236 g/mol. The SMILES string of the molecule is CCC1(C)Cc2cc(C)ccc2-c2ccccc21. The van der Waals surface area contributed by atoms with Crippen LogP contribution in [0.2, 0.25) is 0 Å². The number of hydrogen-bond donors (Lipinski definition) is 0. The molecule has 0 nitrogen and oxygen atoms in total. The summed E-state index contributed by atoms with van der Waals surface area (Å²) >= 11 is 0. The molecule has 2 aromatic rings. The molecule has 0 radical (unpaired) electrons. The number of rotatable bonds is 1. The van der Waals surface area contributed by atoms with Crippen molar-refractivity contribution in [2.45, 2.75) is 39.0 Å². The Kier molecular flexibility index (Phi) is 2.55. The molecule has 0 fully saturated rings. The van der Waals surface area contributed by atoms with E-state index in [-0.39, 0.29) is 5.41 Å². The van der Waals surface area contributed by atoms with Crippen LogP contribution in [0.25, 0.3) is 11.1 Å². The Morgan fingerprint density at radius 2 is 1.83 bits per heavy atom. The highest BCUT2D eigenvalue weighted by atomic mass is 14.4. The molecule has 0 saturated heterocycles. The highest BCUT2D eigenvalue weighted by Gasteiger charge is 2.32. The van der Waals surface area contributed by atoms with Gasteiger partial charge in [0.15, 0.2) is 0 Å². The molecule has 2 aromatic carbocycles. The molecule has 0 heteroatoms. The maximum Gasteiger partial charge on any atom is -0.00312 e. The second-order valence-electron chi connectivity index (χ2n) is 5.80. The van der Waals surface area contributed by atoms with Crippen molar-refractivity contribution >= 4 is 0 Å². The molecule has 0 bridgehead atoms. The third-order valence-corrected chi connectivity index (χ3v) is 4.49. The van der Waals surface area contributed by atoms with E-state index < -0.39 is 0 Å². The fraction of sp³-hybridized carbons (Fsp3) is 0.333. The number of hydrogen-bond acceptors (Lipinski definition) is 0. The molecular weight excluding hydrogens is 216 g/mol. The number of benzene rings is 2. The maximum atomic E-state index is 2.40. The third-order valence-electron chi connectivity index (χ3n) is 4.49. The van der Waals surface area contributed by atoms with Gasteiger partial charge in [-0.1, -0.05) is 61.9 Å². The molecule has 0 amide bonds. The van der Waals surface area contributed by atoms with Gasteiger partial charge in [0.1, 0.15) is 0 Å². The summed E-state index contributed by atoms with van der Waals surface area (Å²) in [5, 5.41) is 0. The van der Waals surface area contributed by atoms with Crippen LogP contribution >= 0.6 is 0 Å². The number of aryl methyl sites for hydroxylation is 1. The molecular formula is C18H20. The first-order valence-corrected chi connectivity index (χ1v) is 6.83. The van der Waals surface area contributed by atoms with Crippen LogP contribution in [0.5, 0.6) is 0 Å². The average molecular weight is 236 g/mol. The van der Waals surface area contributed by atoms with E-state index in [9.17, 15) is 0 Å². The van der Waals surface area contributed by atoms with Crippen LogP contribution in [0, 0.1) is 6.92 Å². The molecule has 0 aliphatic heterocycles. The van der Waals surface area contributed by atoms with E-state index in [2.05, 4.69) is 63.2 Å². The van der Waals surface area contributed by atoms with Crippen LogP contribution in [0.15, 0.2) is 42.5 Å². The van der Waals surface area contributed by atoms with Crippen LogP contribution in [0.4, 0.5) is 0 Å². The van der Waals surface area contributed by atoms with Crippen LogP contribution in [0.3, 0.4) is 0 Å². The van der Waals surface area contributed by atoms with Gasteiger partial charge in [0.25, 0.3) is 0 Å². The molecule has 0 spiro atoms. The zero-order chi connectivity index (χ0) is 12.8. The first-order valence-electron chi connectivity index (χ1n) is 6.83. The Labute approximate surface area is 110 Å². The van der Waals surface area contributed by atoms with Crippen molar-refractivity contribution in [2.24, 2.45) is 0 Å². The summed E-state index contributed by atoms with van der Waals surface area (Å²) in [5.41, 5.74) is 7.55. The van der Waals surface area contributed by atoms with Gasteiger partial charge >= 0.3 is 0 Å². The molecule has 1 aliphatic carbocycles. The summed E-state index contributed by atoms with van der Waals surface area (Å²) in [6.07, 6.45) is 2.36. The molecule has 1 aliphatic rings. The van der Waals surface area contributed by atoms with Gasteiger partial charge in [0.05, 0.1) is 0 Å². The molecule has 3 rings (SSSR count). The van der Waals surface area contributed by atoms with E-state index in [1.807, 2.05) is 0 Å². The van der Waals surface area contributed by atoms with Crippen molar-refractivity contribution in [3.8, 4) is 11.1 Å². The molecule has 1 unspecified atom stereocenters. The lowest BCUT2D eigenvalue weighted by atomic mass is 9.67. The number of fused-ring (bicyclic) bond motifs is 3. The van der Waals surface area contributed by atoms with Crippen LogP contribution in [0.1, 0.15) is 37.0 Å². The van der Waals surface area contributed by atoms with Gasteiger partial charge in [-0.2, -0.15) is 0 Å². The molecule has 18 heavy (non-hydrogen) atoms. The standard InChI is InChI=1S/C18H20/c1-4-18(3)12-14-11-13(2)9-10-15(14)16-7-5-6-8-17(16)18/h5-11H,4,12H2,1-3H3. The van der Waals surface area contributed by atoms with E-state index in [1.165, 1.54) is 34.2 Å². The summed E-state index contributed by atoms with van der Waals surface area (Å²) < 4.78 is 0. The van der Waals surface area contributed by atoms with Crippen molar-refractivity contribution < 1.29 is 0 Å². The first kappa shape index (κ1) is 11.5. The van der Waals surface area contributed by atoms with Crippen LogP contribution in [-0.2, 0) is 11.8 Å². The van der Waals surface area contributed by atoms with Gasteiger partial charge in [0, 0.05) is 0 Å². The van der Waals surface area contributed by atoms with Gasteiger partial charge in [-0.15, -0.1) is 0 Å². The fourth-order valence-corrected chi connectivity index (χ4v) is 3.21. The Balaban J connectivity index is 2.29. The second-order valence-corrected chi connectivity index (χ2v) is 5.80. The van der Waals surface area contributed by atoms with E-state index in [0.29, 0.717) is 0 Å².